The number of ether oxygens (including phenoxy) is 1. The molecule has 6 heteroatoms. The van der Waals surface area contributed by atoms with Gasteiger partial charge in [0, 0.05) is 24.7 Å². The van der Waals surface area contributed by atoms with Crippen molar-refractivity contribution in [2.24, 2.45) is 5.92 Å². The molecule has 1 heterocycles. The van der Waals surface area contributed by atoms with Crippen molar-refractivity contribution in [3.8, 4) is 0 Å². The molecule has 1 aliphatic carbocycles. The number of carbonyl (C=O) groups excluding carboxylic acids is 3. The summed E-state index contributed by atoms with van der Waals surface area (Å²) in [7, 11) is 1.31. The smallest absolute Gasteiger partial charge is 0.337 e. The molecule has 2 amide bonds. The second-order valence-electron chi connectivity index (χ2n) is 6.45. The van der Waals surface area contributed by atoms with Crippen LogP contribution in [0.15, 0.2) is 24.3 Å². The van der Waals surface area contributed by atoms with Crippen molar-refractivity contribution < 1.29 is 19.1 Å². The van der Waals surface area contributed by atoms with E-state index in [1.54, 1.807) is 24.3 Å². The Bertz CT molecular complexity index is 652. The molecule has 0 spiro atoms. The third kappa shape index (κ3) is 3.42. The zero-order valence-electron chi connectivity index (χ0n) is 13.8. The first-order valence-electron chi connectivity index (χ1n) is 8.37. The molecule has 1 aromatic rings. The van der Waals surface area contributed by atoms with Gasteiger partial charge in [-0.25, -0.2) is 4.79 Å². The molecule has 1 saturated heterocycles. The number of hydrogen-bond donors (Lipinski definition) is 1. The molecule has 1 saturated carbocycles. The Balaban J connectivity index is 1.63. The van der Waals surface area contributed by atoms with Crippen LogP contribution in [-0.4, -0.2) is 42.4 Å². The summed E-state index contributed by atoms with van der Waals surface area (Å²) in [6.45, 7) is 0.492. The Labute approximate surface area is 141 Å². The summed E-state index contributed by atoms with van der Waals surface area (Å²) in [5.74, 6) is -0.884. The van der Waals surface area contributed by atoms with Gasteiger partial charge in [0.2, 0.25) is 11.8 Å². The first-order chi connectivity index (χ1) is 11.6. The van der Waals surface area contributed by atoms with Gasteiger partial charge < -0.3 is 15.0 Å². The van der Waals surface area contributed by atoms with Crippen molar-refractivity contribution in [2.45, 2.75) is 38.1 Å². The molecular weight excluding hydrogens is 308 g/mol. The summed E-state index contributed by atoms with van der Waals surface area (Å²) in [5, 5.41) is 2.81. The monoisotopic (exact) mass is 330 g/mol. The van der Waals surface area contributed by atoms with Crippen LogP contribution in [0, 0.1) is 5.92 Å². The van der Waals surface area contributed by atoms with Crippen molar-refractivity contribution >= 4 is 23.5 Å². The predicted octanol–water partition coefficient (Wildman–Crippen LogP) is 2.20. The van der Waals surface area contributed by atoms with Gasteiger partial charge in [0.15, 0.2) is 0 Å². The highest BCUT2D eigenvalue weighted by Crippen LogP contribution is 2.30. The summed E-state index contributed by atoms with van der Waals surface area (Å²) >= 11 is 0. The molecule has 1 aliphatic heterocycles. The summed E-state index contributed by atoms with van der Waals surface area (Å²) in [5.41, 5.74) is 0.917. The second-order valence-corrected chi connectivity index (χ2v) is 6.45. The number of benzene rings is 1. The molecule has 128 valence electrons. The minimum atomic E-state index is -0.449. The van der Waals surface area contributed by atoms with Crippen LogP contribution in [0.25, 0.3) is 0 Å². The number of esters is 1. The van der Waals surface area contributed by atoms with E-state index in [9.17, 15) is 14.4 Å². The maximum atomic E-state index is 12.5. The number of carbonyl (C=O) groups is 3. The molecule has 3 rings (SSSR count). The highest BCUT2D eigenvalue weighted by molar-refractivity contribution is 5.98. The summed E-state index contributed by atoms with van der Waals surface area (Å²) < 4.78 is 4.68. The lowest BCUT2D eigenvalue weighted by Crippen LogP contribution is -2.35. The number of hydrogen-bond acceptors (Lipinski definition) is 4. The van der Waals surface area contributed by atoms with E-state index in [0.29, 0.717) is 23.8 Å². The average molecular weight is 330 g/mol. The molecule has 0 bridgehead atoms. The van der Waals surface area contributed by atoms with Gasteiger partial charge in [-0.3, -0.25) is 9.59 Å². The standard InChI is InChI=1S/C18H22N2O4/c1-24-18(23)12-5-4-6-14(9-12)19-17(22)13-10-16(21)20(11-13)15-7-2-3-8-15/h4-6,9,13,15H,2-3,7-8,10-11H2,1H3,(H,19,22)/t13-/m0/s1. The molecule has 1 atom stereocenters. The third-order valence-corrected chi connectivity index (χ3v) is 4.85. The Morgan fingerprint density at radius 3 is 2.71 bits per heavy atom. The lowest BCUT2D eigenvalue weighted by molar-refractivity contribution is -0.129. The molecule has 2 aliphatic rings. The van der Waals surface area contributed by atoms with Crippen molar-refractivity contribution in [3.63, 3.8) is 0 Å². The zero-order chi connectivity index (χ0) is 17.1. The molecule has 1 N–H and O–H groups in total. The number of amides is 2. The van der Waals surface area contributed by atoms with Crippen LogP contribution >= 0.6 is 0 Å². The van der Waals surface area contributed by atoms with Gasteiger partial charge in [-0.2, -0.15) is 0 Å². The maximum Gasteiger partial charge on any atom is 0.337 e. The largest absolute Gasteiger partial charge is 0.465 e. The van der Waals surface area contributed by atoms with E-state index in [2.05, 4.69) is 10.1 Å². The molecule has 6 nitrogen and oxygen atoms in total. The van der Waals surface area contributed by atoms with Crippen molar-refractivity contribution in [3.05, 3.63) is 29.8 Å². The Morgan fingerprint density at radius 1 is 1.25 bits per heavy atom. The van der Waals surface area contributed by atoms with Crippen LogP contribution in [0.1, 0.15) is 42.5 Å². The highest BCUT2D eigenvalue weighted by atomic mass is 16.5. The lowest BCUT2D eigenvalue weighted by atomic mass is 10.1. The predicted molar refractivity (Wildman–Crippen MR) is 88.5 cm³/mol. The average Bonchev–Trinajstić information content (AvgIpc) is 3.23. The van der Waals surface area contributed by atoms with Crippen molar-refractivity contribution in [2.75, 3.05) is 19.0 Å². The number of rotatable bonds is 4. The quantitative estimate of drug-likeness (QED) is 0.859. The number of nitrogens with zero attached hydrogens (tertiary/aromatic N) is 1. The first kappa shape index (κ1) is 16.5. The van der Waals surface area contributed by atoms with E-state index in [-0.39, 0.29) is 24.2 Å². The van der Waals surface area contributed by atoms with E-state index < -0.39 is 5.97 Å². The molecule has 0 aromatic heterocycles. The van der Waals surface area contributed by atoms with Crippen LogP contribution in [0.5, 0.6) is 0 Å². The molecular formula is C18H22N2O4. The van der Waals surface area contributed by atoms with Crippen LogP contribution < -0.4 is 5.32 Å². The molecule has 24 heavy (non-hydrogen) atoms. The molecule has 1 aromatic carbocycles. The van der Waals surface area contributed by atoms with E-state index >= 15 is 0 Å². The second kappa shape index (κ2) is 7.03. The fourth-order valence-electron chi connectivity index (χ4n) is 3.56. The van der Waals surface area contributed by atoms with Crippen LogP contribution in [-0.2, 0) is 14.3 Å². The molecule has 0 radical (unpaired) electrons. The number of methoxy groups -OCH3 is 1. The first-order valence-corrected chi connectivity index (χ1v) is 8.37. The van der Waals surface area contributed by atoms with Gasteiger partial charge in [0.05, 0.1) is 18.6 Å². The zero-order valence-corrected chi connectivity index (χ0v) is 13.8. The van der Waals surface area contributed by atoms with Crippen molar-refractivity contribution in [1.29, 1.82) is 0 Å². The molecule has 0 unspecified atom stereocenters. The molecule has 2 fully saturated rings. The van der Waals surface area contributed by atoms with Gasteiger partial charge in [0.25, 0.3) is 0 Å². The van der Waals surface area contributed by atoms with Crippen LogP contribution in [0.2, 0.25) is 0 Å². The Morgan fingerprint density at radius 2 is 2.00 bits per heavy atom. The lowest BCUT2D eigenvalue weighted by Gasteiger charge is -2.23. The summed E-state index contributed by atoms with van der Waals surface area (Å²) in [4.78, 5) is 38.1. The minimum Gasteiger partial charge on any atom is -0.465 e. The fourth-order valence-corrected chi connectivity index (χ4v) is 3.56. The minimum absolute atomic E-state index is 0.0744. The van der Waals surface area contributed by atoms with E-state index in [0.717, 1.165) is 25.7 Å². The Kier molecular flexibility index (Phi) is 4.83. The topological polar surface area (TPSA) is 75.7 Å². The van der Waals surface area contributed by atoms with Gasteiger partial charge >= 0.3 is 5.97 Å². The van der Waals surface area contributed by atoms with E-state index in [1.165, 1.54) is 7.11 Å². The maximum absolute atomic E-state index is 12.5. The van der Waals surface area contributed by atoms with Crippen LogP contribution in [0.4, 0.5) is 5.69 Å². The number of likely N-dealkylation sites (tertiary alicyclic amines) is 1. The fraction of sp³-hybridized carbons (Fsp3) is 0.500. The normalized spacial score (nSPS) is 21.1. The third-order valence-electron chi connectivity index (χ3n) is 4.85. The van der Waals surface area contributed by atoms with Gasteiger partial charge in [-0.15, -0.1) is 0 Å². The number of anilines is 1. The summed E-state index contributed by atoms with van der Waals surface area (Å²) in [6.07, 6.45) is 4.67. The van der Waals surface area contributed by atoms with E-state index in [1.807, 2.05) is 4.90 Å². The SMILES string of the molecule is COC(=O)c1cccc(NC(=O)[C@H]2CC(=O)N(C3CCCC3)C2)c1. The Hall–Kier alpha value is -2.37. The van der Waals surface area contributed by atoms with Crippen molar-refractivity contribution in [1.82, 2.24) is 4.90 Å². The van der Waals surface area contributed by atoms with Crippen LogP contribution in [0.3, 0.4) is 0 Å². The highest BCUT2D eigenvalue weighted by Gasteiger charge is 2.38. The number of nitrogens with one attached hydrogen (secondary N) is 1. The van der Waals surface area contributed by atoms with Gasteiger partial charge in [-0.05, 0) is 31.0 Å². The summed E-state index contributed by atoms with van der Waals surface area (Å²) in [6, 6.07) is 6.91. The van der Waals surface area contributed by atoms with Gasteiger partial charge in [-0.1, -0.05) is 18.9 Å². The van der Waals surface area contributed by atoms with Gasteiger partial charge in [0.1, 0.15) is 0 Å². The van der Waals surface area contributed by atoms with E-state index in [4.69, 9.17) is 0 Å².